The zero-order chi connectivity index (χ0) is 12.8. The summed E-state index contributed by atoms with van der Waals surface area (Å²) in [6.07, 6.45) is 17.3. The van der Waals surface area contributed by atoms with E-state index in [1.807, 2.05) is 0 Å². The molecule has 0 fully saturated rings. The van der Waals surface area contributed by atoms with Gasteiger partial charge in [0.2, 0.25) is 0 Å². The summed E-state index contributed by atoms with van der Waals surface area (Å²) in [5.74, 6) is 0.0871. The smallest absolute Gasteiger partial charge is 0.126 e. The lowest BCUT2D eigenvalue weighted by molar-refractivity contribution is -0.110. The van der Waals surface area contributed by atoms with Crippen molar-refractivity contribution in [3.63, 3.8) is 0 Å². The minimum absolute atomic E-state index is 0.0871. The predicted molar refractivity (Wildman–Crippen MR) is 76.2 cm³/mol. The van der Waals surface area contributed by atoms with Gasteiger partial charge < -0.3 is 4.79 Å². The topological polar surface area (TPSA) is 17.1 Å². The van der Waals surface area contributed by atoms with Crippen molar-refractivity contribution >= 4 is 6.29 Å². The Labute approximate surface area is 108 Å². The van der Waals surface area contributed by atoms with Gasteiger partial charge >= 0.3 is 0 Å². The van der Waals surface area contributed by atoms with Gasteiger partial charge in [0.05, 0.1) is 0 Å². The van der Waals surface area contributed by atoms with Gasteiger partial charge in [-0.25, -0.2) is 0 Å². The fourth-order valence-electron chi connectivity index (χ4n) is 2.11. The molecule has 0 N–H and O–H groups in total. The van der Waals surface area contributed by atoms with E-state index in [1.165, 1.54) is 64.2 Å². The predicted octanol–water partition coefficient (Wildman–Crippen LogP) is 5.30. The average Bonchev–Trinajstić information content (AvgIpc) is 2.36. The largest absolute Gasteiger partial charge is 0.303 e. The van der Waals surface area contributed by atoms with Crippen molar-refractivity contribution in [2.75, 3.05) is 0 Å². The summed E-state index contributed by atoms with van der Waals surface area (Å²) in [4.78, 5) is 10.6. The van der Waals surface area contributed by atoms with Gasteiger partial charge in [0.25, 0.3) is 0 Å². The number of carbonyl (C=O) groups is 1. The molecule has 0 aliphatic rings. The van der Waals surface area contributed by atoms with Gasteiger partial charge in [-0.2, -0.15) is 0 Å². The highest BCUT2D eigenvalue weighted by molar-refractivity contribution is 5.56. The van der Waals surface area contributed by atoms with Crippen LogP contribution >= 0.6 is 0 Å². The fourth-order valence-corrected chi connectivity index (χ4v) is 2.11. The van der Waals surface area contributed by atoms with Crippen molar-refractivity contribution in [2.45, 2.75) is 77.6 Å². The van der Waals surface area contributed by atoms with Crippen molar-refractivity contribution < 1.29 is 4.79 Å². The van der Waals surface area contributed by atoms with Gasteiger partial charge in [0.15, 0.2) is 0 Å². The highest BCUT2D eigenvalue weighted by Gasteiger charge is 2.00. The van der Waals surface area contributed by atoms with Crippen LogP contribution in [0.1, 0.15) is 77.6 Å². The van der Waals surface area contributed by atoms with Crippen molar-refractivity contribution in [1.82, 2.24) is 0 Å². The van der Waals surface area contributed by atoms with Crippen LogP contribution in [0.25, 0.3) is 0 Å². The van der Waals surface area contributed by atoms with Crippen LogP contribution in [0.5, 0.6) is 0 Å². The zero-order valence-corrected chi connectivity index (χ0v) is 11.6. The number of aldehydes is 1. The molecule has 0 aliphatic heterocycles. The molecule has 0 heterocycles. The molecule has 1 heteroatoms. The van der Waals surface area contributed by atoms with Gasteiger partial charge in [0, 0.05) is 5.92 Å². The summed E-state index contributed by atoms with van der Waals surface area (Å²) >= 11 is 0. The number of allylic oxidation sites excluding steroid dienone is 1. The van der Waals surface area contributed by atoms with Gasteiger partial charge in [-0.15, -0.1) is 6.58 Å². The van der Waals surface area contributed by atoms with Crippen LogP contribution < -0.4 is 0 Å². The number of hydrogen-bond acceptors (Lipinski definition) is 1. The van der Waals surface area contributed by atoms with Gasteiger partial charge in [0.1, 0.15) is 6.29 Å². The van der Waals surface area contributed by atoms with E-state index in [1.54, 1.807) is 6.08 Å². The molecule has 0 aromatic carbocycles. The highest BCUT2D eigenvalue weighted by Crippen LogP contribution is 2.13. The summed E-state index contributed by atoms with van der Waals surface area (Å²) in [6, 6.07) is 0. The first-order valence-corrected chi connectivity index (χ1v) is 7.43. The molecule has 0 rings (SSSR count). The van der Waals surface area contributed by atoms with E-state index in [4.69, 9.17) is 0 Å². The van der Waals surface area contributed by atoms with Crippen LogP contribution in [0.3, 0.4) is 0 Å². The maximum atomic E-state index is 10.6. The van der Waals surface area contributed by atoms with E-state index in [9.17, 15) is 4.79 Å². The second-order valence-corrected chi connectivity index (χ2v) is 5.01. The third kappa shape index (κ3) is 11.7. The monoisotopic (exact) mass is 238 g/mol. The molecule has 0 aromatic rings. The summed E-state index contributed by atoms with van der Waals surface area (Å²) in [6.45, 7) is 5.92. The van der Waals surface area contributed by atoms with Gasteiger partial charge in [-0.05, 0) is 6.42 Å². The molecule has 0 saturated heterocycles. The molecular formula is C16H30O. The lowest BCUT2D eigenvalue weighted by atomic mass is 10.0. The molecule has 0 spiro atoms. The molecule has 1 atom stereocenters. The minimum atomic E-state index is 0.0871. The molecule has 100 valence electrons. The Morgan fingerprint density at radius 3 is 1.76 bits per heavy atom. The summed E-state index contributed by atoms with van der Waals surface area (Å²) in [5.41, 5.74) is 0. The molecule has 1 unspecified atom stereocenters. The van der Waals surface area contributed by atoms with Crippen LogP contribution in [0, 0.1) is 5.92 Å². The molecule has 17 heavy (non-hydrogen) atoms. The first-order chi connectivity index (χ1) is 8.35. The second kappa shape index (κ2) is 13.5. The van der Waals surface area contributed by atoms with Crippen molar-refractivity contribution in [2.24, 2.45) is 5.92 Å². The third-order valence-electron chi connectivity index (χ3n) is 3.37. The Hall–Kier alpha value is -0.590. The number of hydrogen-bond donors (Lipinski definition) is 0. The SMILES string of the molecule is C=CC(C=O)CCCCCCCCCCCC. The number of unbranched alkanes of at least 4 members (excludes halogenated alkanes) is 9. The first kappa shape index (κ1) is 16.4. The standard InChI is InChI=1S/C16H30O/c1-3-5-6-7-8-9-10-11-12-13-14-16(4-2)15-17/h4,15-16H,2-3,5-14H2,1H3. The Kier molecular flexibility index (Phi) is 13.0. The van der Waals surface area contributed by atoms with E-state index in [0.717, 1.165) is 12.7 Å². The first-order valence-electron chi connectivity index (χ1n) is 7.43. The van der Waals surface area contributed by atoms with E-state index >= 15 is 0 Å². The lowest BCUT2D eigenvalue weighted by Crippen LogP contribution is -1.96. The lowest BCUT2D eigenvalue weighted by Gasteiger charge is -2.04. The molecule has 0 bridgehead atoms. The Balaban J connectivity index is 3.08. The second-order valence-electron chi connectivity index (χ2n) is 5.01. The number of rotatable bonds is 13. The number of carbonyl (C=O) groups excluding carboxylic acids is 1. The summed E-state index contributed by atoms with van der Waals surface area (Å²) < 4.78 is 0. The van der Waals surface area contributed by atoms with Crippen LogP contribution in [0.4, 0.5) is 0 Å². The molecule has 1 nitrogen and oxygen atoms in total. The Morgan fingerprint density at radius 1 is 0.882 bits per heavy atom. The molecule has 0 amide bonds. The zero-order valence-electron chi connectivity index (χ0n) is 11.6. The van der Waals surface area contributed by atoms with E-state index in [2.05, 4.69) is 13.5 Å². The maximum absolute atomic E-state index is 10.6. The van der Waals surface area contributed by atoms with Gasteiger partial charge in [-0.3, -0.25) is 0 Å². The molecule has 0 saturated carbocycles. The van der Waals surface area contributed by atoms with E-state index < -0.39 is 0 Å². The third-order valence-corrected chi connectivity index (χ3v) is 3.37. The fraction of sp³-hybridized carbons (Fsp3) is 0.812. The van der Waals surface area contributed by atoms with Gasteiger partial charge in [-0.1, -0.05) is 77.2 Å². The molecule has 0 radical (unpaired) electrons. The Morgan fingerprint density at radius 2 is 1.35 bits per heavy atom. The van der Waals surface area contributed by atoms with E-state index in [-0.39, 0.29) is 5.92 Å². The van der Waals surface area contributed by atoms with E-state index in [0.29, 0.717) is 0 Å². The minimum Gasteiger partial charge on any atom is -0.303 e. The molecular weight excluding hydrogens is 208 g/mol. The highest BCUT2D eigenvalue weighted by atomic mass is 16.1. The maximum Gasteiger partial charge on any atom is 0.126 e. The van der Waals surface area contributed by atoms with Crippen molar-refractivity contribution in [3.05, 3.63) is 12.7 Å². The van der Waals surface area contributed by atoms with Crippen LogP contribution in [0.15, 0.2) is 12.7 Å². The summed E-state index contributed by atoms with van der Waals surface area (Å²) in [5, 5.41) is 0. The molecule has 0 aromatic heterocycles. The van der Waals surface area contributed by atoms with Crippen molar-refractivity contribution in [1.29, 1.82) is 0 Å². The summed E-state index contributed by atoms with van der Waals surface area (Å²) in [7, 11) is 0. The Bertz CT molecular complexity index is 166. The molecule has 0 aliphatic carbocycles. The normalized spacial score (nSPS) is 12.3. The van der Waals surface area contributed by atoms with Crippen LogP contribution in [0.2, 0.25) is 0 Å². The average molecular weight is 238 g/mol. The quantitative estimate of drug-likeness (QED) is 0.242. The van der Waals surface area contributed by atoms with Crippen LogP contribution in [-0.2, 0) is 4.79 Å². The van der Waals surface area contributed by atoms with Crippen LogP contribution in [-0.4, -0.2) is 6.29 Å². The van der Waals surface area contributed by atoms with Crippen molar-refractivity contribution in [3.8, 4) is 0 Å².